The van der Waals surface area contributed by atoms with Gasteiger partial charge in [0.15, 0.2) is 0 Å². The van der Waals surface area contributed by atoms with Crippen molar-refractivity contribution in [2.24, 2.45) is 0 Å². The molecule has 10 heavy (non-hydrogen) atoms. The van der Waals surface area contributed by atoms with Gasteiger partial charge in [-0.15, -0.1) is 6.92 Å². The zero-order chi connectivity index (χ0) is 7.11. The fourth-order valence-electron chi connectivity index (χ4n) is 0.404. The summed E-state index contributed by atoms with van der Waals surface area (Å²) in [5.74, 6) is 0. The Balaban J connectivity index is 0. The average molecular weight is 223 g/mol. The molecule has 2 heteroatoms. The molecule has 0 spiro atoms. The summed E-state index contributed by atoms with van der Waals surface area (Å²) < 4.78 is 0. The Kier molecular flexibility index (Phi) is 10.9. The number of hydrogen-bond donors (Lipinski definition) is 0. The van der Waals surface area contributed by atoms with Gasteiger partial charge in [0.2, 0.25) is 0 Å². The van der Waals surface area contributed by atoms with Crippen LogP contribution in [-0.4, -0.2) is 4.98 Å². The molecular weight excluding hydrogens is 211 g/mol. The third kappa shape index (κ3) is 5.90. The van der Waals surface area contributed by atoms with E-state index in [4.69, 9.17) is 0 Å². The van der Waals surface area contributed by atoms with Crippen LogP contribution in [0, 0.1) is 13.0 Å². The molecule has 1 aromatic rings. The van der Waals surface area contributed by atoms with Gasteiger partial charge in [-0.3, -0.25) is 0 Å². The van der Waals surface area contributed by atoms with Gasteiger partial charge in [-0.1, -0.05) is 26.2 Å². The zero-order valence-corrected chi connectivity index (χ0v) is 8.27. The fourth-order valence-corrected chi connectivity index (χ4v) is 0.404. The van der Waals surface area contributed by atoms with Crippen LogP contribution >= 0.6 is 0 Å². The zero-order valence-electron chi connectivity index (χ0n) is 6.53. The second kappa shape index (κ2) is 8.77. The molecule has 0 aliphatic carbocycles. The molecule has 0 N–H and O–H groups in total. The number of pyridine rings is 1. The number of aryl methyl sites for hydroxylation is 1. The van der Waals surface area contributed by atoms with Gasteiger partial charge in [-0.25, -0.2) is 12.1 Å². The van der Waals surface area contributed by atoms with E-state index in [9.17, 15) is 0 Å². The van der Waals surface area contributed by atoms with Gasteiger partial charge in [0, 0.05) is 0 Å². The van der Waals surface area contributed by atoms with E-state index < -0.39 is 0 Å². The van der Waals surface area contributed by atoms with Crippen molar-refractivity contribution in [1.82, 2.24) is 4.98 Å². The SMILES string of the molecule is CC.Cc1c[c-]cnc1.[Ru+]. The molecule has 1 nitrogen and oxygen atoms in total. The van der Waals surface area contributed by atoms with E-state index in [-0.39, 0.29) is 19.5 Å². The number of nitrogens with zero attached hydrogens (tertiary/aromatic N) is 1. The van der Waals surface area contributed by atoms with Crippen molar-refractivity contribution in [1.29, 1.82) is 0 Å². The maximum Gasteiger partial charge on any atom is 1.00 e. The molecule has 0 aromatic carbocycles. The maximum atomic E-state index is 3.83. The van der Waals surface area contributed by atoms with Crippen LogP contribution in [0.2, 0.25) is 0 Å². The van der Waals surface area contributed by atoms with Gasteiger partial charge in [-0.2, -0.15) is 5.56 Å². The third-order valence-electron chi connectivity index (χ3n) is 0.738. The molecule has 0 fully saturated rings. The normalized spacial score (nSPS) is 6.70. The van der Waals surface area contributed by atoms with E-state index in [1.165, 1.54) is 0 Å². The van der Waals surface area contributed by atoms with Gasteiger partial charge in [0.05, 0.1) is 0 Å². The second-order valence-corrected chi connectivity index (χ2v) is 1.46. The molecule has 1 rings (SSSR count). The number of aromatic nitrogens is 1. The summed E-state index contributed by atoms with van der Waals surface area (Å²) in [6.07, 6.45) is 3.45. The third-order valence-corrected chi connectivity index (χ3v) is 0.738. The minimum absolute atomic E-state index is 0. The monoisotopic (exact) mass is 224 g/mol. The first-order valence-electron chi connectivity index (χ1n) is 3.17. The molecule has 0 aliphatic heterocycles. The van der Waals surface area contributed by atoms with Crippen LogP contribution in [0.15, 0.2) is 18.5 Å². The summed E-state index contributed by atoms with van der Waals surface area (Å²) in [6, 6.07) is 4.75. The molecule has 1 radical (unpaired) electrons. The molecule has 0 amide bonds. The minimum atomic E-state index is 0. The summed E-state index contributed by atoms with van der Waals surface area (Å²) in [6.45, 7) is 5.99. The largest absolute Gasteiger partial charge is 1.00 e. The molecular formula is C8H12NRu. The van der Waals surface area contributed by atoms with Crippen LogP contribution in [0.3, 0.4) is 0 Å². The molecule has 0 saturated carbocycles. The van der Waals surface area contributed by atoms with Crippen molar-refractivity contribution in [2.45, 2.75) is 20.8 Å². The van der Waals surface area contributed by atoms with Crippen LogP contribution in [0.1, 0.15) is 19.4 Å². The Hall–Kier alpha value is -0.227. The predicted molar refractivity (Wildman–Crippen MR) is 39.2 cm³/mol. The summed E-state index contributed by atoms with van der Waals surface area (Å²) in [5.41, 5.74) is 1.16. The van der Waals surface area contributed by atoms with Gasteiger partial charge in [0.1, 0.15) is 0 Å². The van der Waals surface area contributed by atoms with Crippen LogP contribution < -0.4 is 0 Å². The van der Waals surface area contributed by atoms with Crippen LogP contribution in [0.4, 0.5) is 0 Å². The van der Waals surface area contributed by atoms with Gasteiger partial charge in [0.25, 0.3) is 0 Å². The molecule has 0 unspecified atom stereocenters. The summed E-state index contributed by atoms with van der Waals surface area (Å²) >= 11 is 0. The van der Waals surface area contributed by atoms with Crippen molar-refractivity contribution in [3.05, 3.63) is 30.1 Å². The summed E-state index contributed by atoms with van der Waals surface area (Å²) in [4.78, 5) is 3.83. The maximum absolute atomic E-state index is 3.83. The standard InChI is InChI=1S/C6H6N.C2H6.Ru/c1-6-3-2-4-7-5-6;1-2;/h3-5H,1H3;1-2H3;/q-1;;+1. The Morgan fingerprint density at radius 2 is 2.00 bits per heavy atom. The van der Waals surface area contributed by atoms with E-state index in [0.29, 0.717) is 0 Å². The number of rotatable bonds is 0. The first kappa shape index (κ1) is 12.4. The van der Waals surface area contributed by atoms with E-state index >= 15 is 0 Å². The molecule has 0 saturated heterocycles. The average Bonchev–Trinajstić information content (AvgIpc) is 1.94. The summed E-state index contributed by atoms with van der Waals surface area (Å²) in [7, 11) is 0. The minimum Gasteiger partial charge on any atom is -0.304 e. The Bertz CT molecular complexity index is 139. The van der Waals surface area contributed by atoms with Crippen molar-refractivity contribution in [3.8, 4) is 0 Å². The topological polar surface area (TPSA) is 12.9 Å². The first-order valence-corrected chi connectivity index (χ1v) is 3.17. The molecule has 57 valence electrons. The van der Waals surface area contributed by atoms with Gasteiger partial charge >= 0.3 is 19.5 Å². The van der Waals surface area contributed by atoms with Crippen LogP contribution in [0.5, 0.6) is 0 Å². The molecule has 0 bridgehead atoms. The van der Waals surface area contributed by atoms with E-state index in [1.54, 1.807) is 12.4 Å². The predicted octanol–water partition coefficient (Wildman–Crippen LogP) is 2.21. The Morgan fingerprint density at radius 3 is 2.20 bits per heavy atom. The van der Waals surface area contributed by atoms with Gasteiger partial charge in [-0.05, 0) is 0 Å². The molecule has 1 aromatic heterocycles. The molecule has 0 atom stereocenters. The van der Waals surface area contributed by atoms with Crippen LogP contribution in [-0.2, 0) is 19.5 Å². The van der Waals surface area contributed by atoms with E-state index in [0.717, 1.165) is 5.56 Å². The Morgan fingerprint density at radius 1 is 1.40 bits per heavy atom. The second-order valence-electron chi connectivity index (χ2n) is 1.46. The van der Waals surface area contributed by atoms with Crippen molar-refractivity contribution >= 4 is 0 Å². The molecule has 0 aliphatic rings. The quantitative estimate of drug-likeness (QED) is 0.485. The van der Waals surface area contributed by atoms with Crippen molar-refractivity contribution < 1.29 is 19.5 Å². The number of hydrogen-bond acceptors (Lipinski definition) is 1. The Labute approximate surface area is 75.6 Å². The van der Waals surface area contributed by atoms with E-state index in [1.807, 2.05) is 26.8 Å². The van der Waals surface area contributed by atoms with Crippen LogP contribution in [0.25, 0.3) is 0 Å². The van der Waals surface area contributed by atoms with Crippen molar-refractivity contribution in [3.63, 3.8) is 0 Å². The first-order chi connectivity index (χ1) is 4.39. The fraction of sp³-hybridized carbons (Fsp3) is 0.375. The smallest absolute Gasteiger partial charge is 0.304 e. The molecule has 1 heterocycles. The van der Waals surface area contributed by atoms with E-state index in [2.05, 4.69) is 11.1 Å². The summed E-state index contributed by atoms with van der Waals surface area (Å²) in [5, 5.41) is 0. The van der Waals surface area contributed by atoms with Gasteiger partial charge < -0.3 is 4.98 Å². The van der Waals surface area contributed by atoms with Crippen molar-refractivity contribution in [2.75, 3.05) is 0 Å².